The Morgan fingerprint density at radius 3 is 2.81 bits per heavy atom. The van der Waals surface area contributed by atoms with Crippen molar-refractivity contribution in [2.45, 2.75) is 19.4 Å². The highest BCUT2D eigenvalue weighted by molar-refractivity contribution is 7.09. The number of nitrogens with zero attached hydrogens (tertiary/aromatic N) is 3. The predicted octanol–water partition coefficient (Wildman–Crippen LogP) is 3.59. The van der Waals surface area contributed by atoms with E-state index in [1.165, 1.54) is 6.20 Å². The number of benzene rings is 1. The third-order valence-electron chi connectivity index (χ3n) is 3.92. The van der Waals surface area contributed by atoms with Crippen LogP contribution < -0.4 is 10.1 Å². The molecule has 0 spiro atoms. The van der Waals surface area contributed by atoms with Crippen molar-refractivity contribution in [2.75, 3.05) is 13.7 Å². The van der Waals surface area contributed by atoms with Crippen molar-refractivity contribution in [3.8, 4) is 17.0 Å². The summed E-state index contributed by atoms with van der Waals surface area (Å²) in [6.45, 7) is 2.30. The summed E-state index contributed by atoms with van der Waals surface area (Å²) < 4.78 is 6.71. The zero-order valence-electron chi connectivity index (χ0n) is 14.5. The second-order valence-electron chi connectivity index (χ2n) is 5.71. The van der Waals surface area contributed by atoms with Crippen molar-refractivity contribution in [2.24, 2.45) is 0 Å². The molecule has 0 saturated carbocycles. The van der Waals surface area contributed by atoms with Crippen LogP contribution in [0.5, 0.6) is 5.75 Å². The lowest BCUT2D eigenvalue weighted by Crippen LogP contribution is -2.32. The first-order chi connectivity index (χ1) is 12.6. The Bertz CT molecular complexity index is 875. The molecular weight excluding hydrogens is 372 g/mol. The van der Waals surface area contributed by atoms with E-state index in [0.717, 1.165) is 22.0 Å². The van der Waals surface area contributed by atoms with Crippen molar-refractivity contribution in [3.05, 3.63) is 52.1 Å². The molecule has 0 saturated heterocycles. The third kappa shape index (κ3) is 4.42. The summed E-state index contributed by atoms with van der Waals surface area (Å²) in [7, 11) is 1.64. The van der Waals surface area contributed by atoms with Gasteiger partial charge in [-0.15, -0.1) is 11.3 Å². The Morgan fingerprint density at radius 1 is 1.38 bits per heavy atom. The van der Waals surface area contributed by atoms with Crippen molar-refractivity contribution in [1.29, 1.82) is 0 Å². The van der Waals surface area contributed by atoms with Gasteiger partial charge in [0.2, 0.25) is 5.91 Å². The maximum atomic E-state index is 12.2. The van der Waals surface area contributed by atoms with Crippen LogP contribution in [-0.4, -0.2) is 34.3 Å². The minimum Gasteiger partial charge on any atom is -0.497 e. The molecule has 0 radical (unpaired) electrons. The smallest absolute Gasteiger partial charge is 0.244 e. The number of carbonyl (C=O) groups is 1. The number of nitrogens with one attached hydrogen (secondary N) is 1. The first-order valence-corrected chi connectivity index (χ1v) is 9.39. The van der Waals surface area contributed by atoms with Crippen LogP contribution in [0.4, 0.5) is 0 Å². The monoisotopic (exact) mass is 390 g/mol. The normalized spacial score (nSPS) is 12.0. The van der Waals surface area contributed by atoms with Gasteiger partial charge >= 0.3 is 0 Å². The van der Waals surface area contributed by atoms with E-state index < -0.39 is 6.04 Å². The molecule has 1 amide bonds. The van der Waals surface area contributed by atoms with Crippen molar-refractivity contribution >= 4 is 28.8 Å². The molecule has 0 bridgehead atoms. The SMILES string of the molecule is COc1ccc(-c2csc(CCNC(=O)C(C)n3cc(Cl)cn3)n2)cc1. The lowest BCUT2D eigenvalue weighted by atomic mass is 10.2. The molecular formula is C18H19ClN4O2S. The number of ether oxygens (including phenoxy) is 1. The number of amides is 1. The van der Waals surface area contributed by atoms with Gasteiger partial charge in [0.1, 0.15) is 11.8 Å². The molecule has 0 aliphatic rings. The highest BCUT2D eigenvalue weighted by Gasteiger charge is 2.15. The van der Waals surface area contributed by atoms with E-state index in [1.54, 1.807) is 36.2 Å². The Morgan fingerprint density at radius 2 is 2.15 bits per heavy atom. The van der Waals surface area contributed by atoms with E-state index in [0.29, 0.717) is 18.0 Å². The molecule has 0 fully saturated rings. The standard InChI is InChI=1S/C18H19ClN4O2S/c1-12(23-10-14(19)9-21-23)18(24)20-8-7-17-22-16(11-26-17)13-3-5-15(25-2)6-4-13/h3-6,9-12H,7-8H2,1-2H3,(H,20,24). The Balaban J connectivity index is 1.52. The second-order valence-corrected chi connectivity index (χ2v) is 7.09. The van der Waals surface area contributed by atoms with Crippen LogP contribution in [0.2, 0.25) is 5.02 Å². The quantitative estimate of drug-likeness (QED) is 0.669. The highest BCUT2D eigenvalue weighted by atomic mass is 35.5. The summed E-state index contributed by atoms with van der Waals surface area (Å²) in [5.41, 5.74) is 1.97. The van der Waals surface area contributed by atoms with E-state index >= 15 is 0 Å². The fourth-order valence-electron chi connectivity index (χ4n) is 2.41. The van der Waals surface area contributed by atoms with E-state index in [9.17, 15) is 4.79 Å². The van der Waals surface area contributed by atoms with Gasteiger partial charge in [-0.3, -0.25) is 9.48 Å². The number of hydrogen-bond donors (Lipinski definition) is 1. The van der Waals surface area contributed by atoms with Crippen molar-refractivity contribution in [3.63, 3.8) is 0 Å². The van der Waals surface area contributed by atoms with Gasteiger partial charge < -0.3 is 10.1 Å². The molecule has 0 aliphatic carbocycles. The molecule has 1 aromatic carbocycles. The molecule has 1 N–H and O–H groups in total. The van der Waals surface area contributed by atoms with E-state index in [2.05, 4.69) is 15.4 Å². The minimum atomic E-state index is -0.409. The van der Waals surface area contributed by atoms with E-state index in [4.69, 9.17) is 16.3 Å². The summed E-state index contributed by atoms with van der Waals surface area (Å²) in [4.78, 5) is 16.8. The number of carbonyl (C=O) groups excluding carboxylic acids is 1. The van der Waals surface area contributed by atoms with Crippen LogP contribution in [0.25, 0.3) is 11.3 Å². The molecule has 2 aromatic heterocycles. The van der Waals surface area contributed by atoms with Gasteiger partial charge in [-0.2, -0.15) is 5.10 Å². The van der Waals surface area contributed by atoms with Crippen LogP contribution in [0.15, 0.2) is 42.0 Å². The van der Waals surface area contributed by atoms with Gasteiger partial charge in [0.05, 0.1) is 29.0 Å². The van der Waals surface area contributed by atoms with Gasteiger partial charge in [-0.05, 0) is 31.2 Å². The van der Waals surface area contributed by atoms with Gasteiger partial charge in [-0.25, -0.2) is 4.98 Å². The number of methoxy groups -OCH3 is 1. The molecule has 6 nitrogen and oxygen atoms in total. The van der Waals surface area contributed by atoms with Crippen LogP contribution >= 0.6 is 22.9 Å². The maximum absolute atomic E-state index is 12.2. The van der Waals surface area contributed by atoms with Crippen LogP contribution in [0, 0.1) is 0 Å². The van der Waals surface area contributed by atoms with Crippen LogP contribution in [0.3, 0.4) is 0 Å². The topological polar surface area (TPSA) is 69.0 Å². The van der Waals surface area contributed by atoms with Crippen LogP contribution in [-0.2, 0) is 11.2 Å². The zero-order valence-corrected chi connectivity index (χ0v) is 16.0. The minimum absolute atomic E-state index is 0.100. The van der Waals surface area contributed by atoms with Gasteiger partial charge in [-0.1, -0.05) is 11.6 Å². The Labute approximate surface area is 160 Å². The molecule has 26 heavy (non-hydrogen) atoms. The Hall–Kier alpha value is -2.38. The lowest BCUT2D eigenvalue weighted by Gasteiger charge is -2.12. The van der Waals surface area contributed by atoms with Crippen molar-refractivity contribution in [1.82, 2.24) is 20.1 Å². The number of rotatable bonds is 7. The van der Waals surface area contributed by atoms with Crippen molar-refractivity contribution < 1.29 is 9.53 Å². The summed E-state index contributed by atoms with van der Waals surface area (Å²) >= 11 is 7.42. The number of thiazole rings is 1. The van der Waals surface area contributed by atoms with Gasteiger partial charge in [0, 0.05) is 30.1 Å². The largest absolute Gasteiger partial charge is 0.497 e. The molecule has 1 atom stereocenters. The zero-order chi connectivity index (χ0) is 18.5. The molecule has 0 aliphatic heterocycles. The van der Waals surface area contributed by atoms with Crippen LogP contribution in [0.1, 0.15) is 18.0 Å². The molecule has 8 heteroatoms. The first kappa shape index (κ1) is 18.4. The van der Waals surface area contributed by atoms with Gasteiger partial charge in [0.25, 0.3) is 0 Å². The molecule has 3 rings (SSSR count). The predicted molar refractivity (Wildman–Crippen MR) is 103 cm³/mol. The number of hydrogen-bond acceptors (Lipinski definition) is 5. The number of aromatic nitrogens is 3. The van der Waals surface area contributed by atoms with E-state index in [-0.39, 0.29) is 5.91 Å². The first-order valence-electron chi connectivity index (χ1n) is 8.13. The highest BCUT2D eigenvalue weighted by Crippen LogP contribution is 2.24. The fraction of sp³-hybridized carbons (Fsp3) is 0.278. The third-order valence-corrected chi connectivity index (χ3v) is 5.03. The molecule has 136 valence electrons. The molecule has 3 aromatic rings. The summed E-state index contributed by atoms with van der Waals surface area (Å²) in [6, 6.07) is 7.38. The lowest BCUT2D eigenvalue weighted by molar-refractivity contribution is -0.124. The number of halogens is 1. The Kier molecular flexibility index (Phi) is 5.90. The summed E-state index contributed by atoms with van der Waals surface area (Å²) in [5, 5.41) is 10.5. The average molecular weight is 391 g/mol. The summed E-state index contributed by atoms with van der Waals surface area (Å²) in [6.07, 6.45) is 3.83. The fourth-order valence-corrected chi connectivity index (χ4v) is 3.36. The molecule has 1 unspecified atom stereocenters. The molecule has 2 heterocycles. The van der Waals surface area contributed by atoms with E-state index in [1.807, 2.05) is 29.6 Å². The summed E-state index contributed by atoms with van der Waals surface area (Å²) in [5.74, 6) is 0.719. The second kappa shape index (κ2) is 8.33. The van der Waals surface area contributed by atoms with Gasteiger partial charge in [0.15, 0.2) is 0 Å². The maximum Gasteiger partial charge on any atom is 0.244 e. The average Bonchev–Trinajstić information content (AvgIpc) is 3.30.